The van der Waals surface area contributed by atoms with Crippen LogP contribution in [0.3, 0.4) is 0 Å². The van der Waals surface area contributed by atoms with E-state index < -0.39 is 11.7 Å². The van der Waals surface area contributed by atoms with Gasteiger partial charge in [0.2, 0.25) is 0 Å². The van der Waals surface area contributed by atoms with Crippen molar-refractivity contribution in [1.82, 2.24) is 4.90 Å². The summed E-state index contributed by atoms with van der Waals surface area (Å²) in [5, 5.41) is 0. The Hall–Kier alpha value is -2.19. The van der Waals surface area contributed by atoms with Crippen LogP contribution in [0, 0.1) is 0 Å². The van der Waals surface area contributed by atoms with E-state index in [9.17, 15) is 22.8 Å². The molecule has 1 aromatic carbocycles. The molecule has 0 spiro atoms. The quantitative estimate of drug-likeness (QED) is 0.806. The highest BCUT2D eigenvalue weighted by atomic mass is 32.1. The zero-order valence-electron chi connectivity index (χ0n) is 14.8. The van der Waals surface area contributed by atoms with Gasteiger partial charge in [0, 0.05) is 5.56 Å². The van der Waals surface area contributed by atoms with Crippen molar-refractivity contribution in [3.05, 3.63) is 57.3 Å². The number of carbonyl (C=O) groups is 2. The molecule has 0 saturated carbocycles. The summed E-state index contributed by atoms with van der Waals surface area (Å²) >= 11 is 1.20. The summed E-state index contributed by atoms with van der Waals surface area (Å²) in [5.74, 6) is -0.153. The number of quaternary nitrogens is 1. The molecule has 2 aromatic rings. The van der Waals surface area contributed by atoms with E-state index >= 15 is 0 Å². The van der Waals surface area contributed by atoms with Gasteiger partial charge in [0.25, 0.3) is 5.91 Å². The maximum absolute atomic E-state index is 12.8. The van der Waals surface area contributed by atoms with Crippen LogP contribution in [-0.4, -0.2) is 42.8 Å². The lowest BCUT2D eigenvalue weighted by atomic mass is 10.1. The zero-order chi connectivity index (χ0) is 19.6. The first-order chi connectivity index (χ1) is 12.7. The number of piperazine rings is 1. The van der Waals surface area contributed by atoms with Gasteiger partial charge in [0.1, 0.15) is 6.54 Å². The number of hydrogen-bond acceptors (Lipinski definition) is 3. The molecular formula is C19H20F3N2O2S+. The molecule has 3 rings (SSSR count). The number of carbonyl (C=O) groups excluding carboxylic acids is 2. The van der Waals surface area contributed by atoms with Gasteiger partial charge in [-0.3, -0.25) is 9.59 Å². The average molecular weight is 397 g/mol. The molecule has 0 bridgehead atoms. The summed E-state index contributed by atoms with van der Waals surface area (Å²) in [6.45, 7) is 4.40. The predicted octanol–water partition coefficient (Wildman–Crippen LogP) is 2.51. The number of nitrogens with one attached hydrogen (secondary N) is 1. The second kappa shape index (κ2) is 7.82. The summed E-state index contributed by atoms with van der Waals surface area (Å²) in [6.07, 6.45) is -4.34. The lowest BCUT2D eigenvalue weighted by molar-refractivity contribution is -0.917. The van der Waals surface area contributed by atoms with E-state index in [2.05, 4.69) is 0 Å². The molecule has 0 aliphatic carbocycles. The largest absolute Gasteiger partial charge is 0.416 e. The van der Waals surface area contributed by atoms with Crippen LogP contribution in [0.1, 0.15) is 37.4 Å². The summed E-state index contributed by atoms with van der Waals surface area (Å²) in [6, 6.07) is 8.74. The first-order valence-electron chi connectivity index (χ1n) is 8.64. The maximum Gasteiger partial charge on any atom is 0.416 e. The lowest BCUT2D eigenvalue weighted by Crippen LogP contribution is -3.13. The Morgan fingerprint density at radius 3 is 2.37 bits per heavy atom. The minimum Gasteiger partial charge on any atom is -0.328 e. The Kier molecular flexibility index (Phi) is 5.67. The number of Topliss-reactive ketones (excluding diaryl/α,β-unsaturated/α-hetero) is 1. The summed E-state index contributed by atoms with van der Waals surface area (Å²) < 4.78 is 38.5. The predicted molar refractivity (Wildman–Crippen MR) is 96.1 cm³/mol. The van der Waals surface area contributed by atoms with E-state index in [-0.39, 0.29) is 11.7 Å². The highest BCUT2D eigenvalue weighted by Gasteiger charge is 2.31. The van der Waals surface area contributed by atoms with Gasteiger partial charge >= 0.3 is 6.18 Å². The first kappa shape index (κ1) is 19.6. The SMILES string of the molecule is CC(=O)c1ccc(C(=O)N2CC[NH+](Cc3cccc(C(F)(F)F)c3)CC2)s1. The number of ketones is 1. The Balaban J connectivity index is 1.57. The van der Waals surface area contributed by atoms with Gasteiger partial charge in [-0.25, -0.2) is 0 Å². The van der Waals surface area contributed by atoms with Crippen LogP contribution in [0.2, 0.25) is 0 Å². The fraction of sp³-hybridized carbons (Fsp3) is 0.368. The number of hydrogen-bond donors (Lipinski definition) is 1. The molecule has 1 aromatic heterocycles. The molecule has 1 aliphatic heterocycles. The minimum absolute atomic E-state index is 0.0607. The lowest BCUT2D eigenvalue weighted by Gasteiger charge is -2.32. The van der Waals surface area contributed by atoms with Crippen LogP contribution in [0.15, 0.2) is 36.4 Å². The number of halogens is 3. The van der Waals surface area contributed by atoms with E-state index in [1.807, 2.05) is 0 Å². The third-order valence-corrected chi connectivity index (χ3v) is 5.80. The highest BCUT2D eigenvalue weighted by Crippen LogP contribution is 2.29. The molecule has 144 valence electrons. The Morgan fingerprint density at radius 1 is 1.11 bits per heavy atom. The smallest absolute Gasteiger partial charge is 0.328 e. The third-order valence-electron chi connectivity index (χ3n) is 4.63. The Bertz CT molecular complexity index is 839. The molecule has 0 unspecified atom stereocenters. The number of nitrogens with zero attached hydrogens (tertiary/aromatic N) is 1. The van der Waals surface area contributed by atoms with Gasteiger partial charge in [-0.2, -0.15) is 13.2 Å². The summed E-state index contributed by atoms with van der Waals surface area (Å²) in [4.78, 5) is 27.9. The zero-order valence-corrected chi connectivity index (χ0v) is 15.6. The van der Waals surface area contributed by atoms with E-state index in [4.69, 9.17) is 0 Å². The van der Waals surface area contributed by atoms with Crippen LogP contribution in [0.5, 0.6) is 0 Å². The van der Waals surface area contributed by atoms with Crippen LogP contribution in [0.25, 0.3) is 0 Å². The van der Waals surface area contributed by atoms with Crippen LogP contribution >= 0.6 is 11.3 Å². The van der Waals surface area contributed by atoms with Crippen molar-refractivity contribution in [3.8, 4) is 0 Å². The van der Waals surface area contributed by atoms with Gasteiger partial charge in [0.05, 0.1) is 41.5 Å². The molecule has 8 heteroatoms. The second-order valence-electron chi connectivity index (χ2n) is 6.64. The Morgan fingerprint density at radius 2 is 1.78 bits per heavy atom. The average Bonchev–Trinajstić information content (AvgIpc) is 3.12. The van der Waals surface area contributed by atoms with Crippen molar-refractivity contribution in [2.45, 2.75) is 19.6 Å². The number of benzene rings is 1. The molecule has 1 aliphatic rings. The standard InChI is InChI=1S/C19H19F3N2O2S/c1-13(25)16-5-6-17(27-16)18(26)24-9-7-23(8-10-24)12-14-3-2-4-15(11-14)19(20,21)22/h2-6,11H,7-10,12H2,1H3/p+1. The van der Waals surface area contributed by atoms with Crippen LogP contribution in [0.4, 0.5) is 13.2 Å². The van der Waals surface area contributed by atoms with E-state index in [0.717, 1.165) is 11.0 Å². The third kappa shape index (κ3) is 4.75. The van der Waals surface area contributed by atoms with Crippen molar-refractivity contribution in [2.75, 3.05) is 26.2 Å². The molecule has 1 amide bonds. The molecular weight excluding hydrogens is 377 g/mol. The van der Waals surface area contributed by atoms with E-state index in [1.54, 1.807) is 23.1 Å². The second-order valence-corrected chi connectivity index (χ2v) is 7.72. The van der Waals surface area contributed by atoms with Gasteiger partial charge in [-0.05, 0) is 31.2 Å². The van der Waals surface area contributed by atoms with Crippen molar-refractivity contribution < 1.29 is 27.7 Å². The molecule has 0 radical (unpaired) electrons. The molecule has 2 heterocycles. The minimum atomic E-state index is -4.34. The molecule has 27 heavy (non-hydrogen) atoms. The van der Waals surface area contributed by atoms with Crippen molar-refractivity contribution in [1.29, 1.82) is 0 Å². The fourth-order valence-electron chi connectivity index (χ4n) is 3.15. The number of rotatable bonds is 4. The highest BCUT2D eigenvalue weighted by molar-refractivity contribution is 7.15. The number of amides is 1. The maximum atomic E-state index is 12.8. The van der Waals surface area contributed by atoms with Gasteiger partial charge in [0.15, 0.2) is 5.78 Å². The van der Waals surface area contributed by atoms with Crippen LogP contribution < -0.4 is 4.90 Å². The summed E-state index contributed by atoms with van der Waals surface area (Å²) in [5.41, 5.74) is 0.0103. The Labute approximate surface area is 159 Å². The van der Waals surface area contributed by atoms with Crippen molar-refractivity contribution in [3.63, 3.8) is 0 Å². The van der Waals surface area contributed by atoms with Crippen molar-refractivity contribution >= 4 is 23.0 Å². The summed E-state index contributed by atoms with van der Waals surface area (Å²) in [7, 11) is 0. The topological polar surface area (TPSA) is 41.8 Å². The molecule has 1 saturated heterocycles. The molecule has 4 nitrogen and oxygen atoms in total. The van der Waals surface area contributed by atoms with E-state index in [1.165, 1.54) is 30.4 Å². The number of alkyl halides is 3. The molecule has 1 N–H and O–H groups in total. The van der Waals surface area contributed by atoms with Gasteiger partial charge < -0.3 is 9.80 Å². The molecule has 0 atom stereocenters. The normalized spacial score (nSPS) is 15.8. The van der Waals surface area contributed by atoms with Crippen LogP contribution in [-0.2, 0) is 12.7 Å². The first-order valence-corrected chi connectivity index (χ1v) is 9.45. The van der Waals surface area contributed by atoms with Crippen molar-refractivity contribution in [2.24, 2.45) is 0 Å². The fourth-order valence-corrected chi connectivity index (χ4v) is 4.02. The molecule has 1 fully saturated rings. The van der Waals surface area contributed by atoms with E-state index in [0.29, 0.717) is 48.0 Å². The van der Waals surface area contributed by atoms with Gasteiger partial charge in [-0.15, -0.1) is 11.3 Å². The number of thiophene rings is 1. The van der Waals surface area contributed by atoms with Gasteiger partial charge in [-0.1, -0.05) is 12.1 Å². The monoisotopic (exact) mass is 397 g/mol.